The first-order chi connectivity index (χ1) is 10.1. The third-order valence-corrected chi connectivity index (χ3v) is 4.01. The number of anilines is 1. The number of Topliss-reactive ketones (excluding diaryl/α,β-unsaturated/α-hetero) is 1. The lowest BCUT2D eigenvalue weighted by Gasteiger charge is -2.31. The monoisotopic (exact) mass is 281 g/mol. The van der Waals surface area contributed by atoms with Gasteiger partial charge in [-0.05, 0) is 61.2 Å². The van der Waals surface area contributed by atoms with E-state index in [9.17, 15) is 9.90 Å². The summed E-state index contributed by atoms with van der Waals surface area (Å²) in [6, 6.07) is 13.3. The lowest BCUT2D eigenvalue weighted by molar-refractivity contribution is 0.101. The zero-order chi connectivity index (χ0) is 14.8. The van der Waals surface area contributed by atoms with Crippen LogP contribution in [0.3, 0.4) is 0 Å². The maximum Gasteiger partial charge on any atom is 0.159 e. The van der Waals surface area contributed by atoms with Gasteiger partial charge in [-0.1, -0.05) is 12.1 Å². The Hall–Kier alpha value is -2.29. The predicted octanol–water partition coefficient (Wildman–Crippen LogP) is 3.55. The molecule has 1 heterocycles. The summed E-state index contributed by atoms with van der Waals surface area (Å²) in [4.78, 5) is 13.8. The van der Waals surface area contributed by atoms with E-state index >= 15 is 0 Å². The molecule has 2 aromatic carbocycles. The van der Waals surface area contributed by atoms with Crippen molar-refractivity contribution in [2.24, 2.45) is 0 Å². The van der Waals surface area contributed by atoms with Crippen molar-refractivity contribution in [1.82, 2.24) is 0 Å². The van der Waals surface area contributed by atoms with Crippen molar-refractivity contribution in [3.8, 4) is 5.75 Å². The second-order valence-corrected chi connectivity index (χ2v) is 5.59. The fourth-order valence-electron chi connectivity index (χ4n) is 2.88. The van der Waals surface area contributed by atoms with Crippen molar-refractivity contribution in [2.75, 3.05) is 11.4 Å². The topological polar surface area (TPSA) is 40.5 Å². The van der Waals surface area contributed by atoms with Gasteiger partial charge in [-0.25, -0.2) is 0 Å². The summed E-state index contributed by atoms with van der Waals surface area (Å²) >= 11 is 0. The van der Waals surface area contributed by atoms with Gasteiger partial charge >= 0.3 is 0 Å². The van der Waals surface area contributed by atoms with Gasteiger partial charge in [-0.15, -0.1) is 0 Å². The van der Waals surface area contributed by atoms with Gasteiger partial charge in [0.25, 0.3) is 0 Å². The summed E-state index contributed by atoms with van der Waals surface area (Å²) < 4.78 is 0. The number of rotatable bonds is 3. The number of carbonyl (C=O) groups is 1. The zero-order valence-electron chi connectivity index (χ0n) is 12.2. The zero-order valence-corrected chi connectivity index (χ0v) is 12.2. The molecule has 3 rings (SSSR count). The van der Waals surface area contributed by atoms with Crippen LogP contribution < -0.4 is 4.90 Å². The van der Waals surface area contributed by atoms with Gasteiger partial charge in [0.2, 0.25) is 0 Å². The van der Waals surface area contributed by atoms with Crippen LogP contribution in [0.2, 0.25) is 0 Å². The Morgan fingerprint density at radius 1 is 1.19 bits per heavy atom. The minimum atomic E-state index is 0.119. The number of aromatic hydroxyl groups is 1. The number of ketones is 1. The molecular formula is C18H19NO2. The molecule has 0 amide bonds. The number of fused-ring (bicyclic) bond motifs is 1. The molecule has 0 radical (unpaired) electrons. The van der Waals surface area contributed by atoms with Crippen molar-refractivity contribution >= 4 is 11.5 Å². The van der Waals surface area contributed by atoms with E-state index in [0.29, 0.717) is 5.75 Å². The Bertz CT molecular complexity index is 661. The average molecular weight is 281 g/mol. The molecular weight excluding hydrogens is 262 g/mol. The summed E-state index contributed by atoms with van der Waals surface area (Å²) in [6.07, 6.45) is 2.13. The highest BCUT2D eigenvalue weighted by molar-refractivity contribution is 5.94. The smallest absolute Gasteiger partial charge is 0.159 e. The molecule has 0 unspecified atom stereocenters. The van der Waals surface area contributed by atoms with Crippen LogP contribution >= 0.6 is 0 Å². The molecule has 0 bridgehead atoms. The molecule has 2 aromatic rings. The SMILES string of the molecule is CC(=O)c1ccc2c(c1)CCCN2Cc1ccc(O)cc1. The lowest BCUT2D eigenvalue weighted by atomic mass is 9.97. The number of hydrogen-bond donors (Lipinski definition) is 1. The van der Waals surface area contributed by atoms with E-state index in [1.165, 1.54) is 16.8 Å². The van der Waals surface area contributed by atoms with E-state index in [1.807, 2.05) is 24.3 Å². The molecule has 0 spiro atoms. The van der Waals surface area contributed by atoms with Crippen LogP contribution in [0.4, 0.5) is 5.69 Å². The van der Waals surface area contributed by atoms with Gasteiger partial charge in [0.15, 0.2) is 5.78 Å². The van der Waals surface area contributed by atoms with E-state index < -0.39 is 0 Å². The van der Waals surface area contributed by atoms with Crippen LogP contribution in [0.1, 0.15) is 34.8 Å². The summed E-state index contributed by atoms with van der Waals surface area (Å²) in [7, 11) is 0. The molecule has 1 aliphatic rings. The molecule has 0 atom stereocenters. The van der Waals surface area contributed by atoms with Gasteiger partial charge in [0, 0.05) is 24.3 Å². The first-order valence-electron chi connectivity index (χ1n) is 7.30. The lowest BCUT2D eigenvalue weighted by Crippen LogP contribution is -2.28. The number of carbonyl (C=O) groups excluding carboxylic acids is 1. The van der Waals surface area contributed by atoms with E-state index in [2.05, 4.69) is 11.0 Å². The number of phenolic OH excluding ortho intramolecular Hbond substituents is 1. The van der Waals surface area contributed by atoms with Gasteiger partial charge < -0.3 is 10.0 Å². The van der Waals surface area contributed by atoms with E-state index in [4.69, 9.17) is 0 Å². The Kier molecular flexibility index (Phi) is 3.65. The first-order valence-corrected chi connectivity index (χ1v) is 7.30. The van der Waals surface area contributed by atoms with Crippen LogP contribution in [-0.4, -0.2) is 17.4 Å². The highest BCUT2D eigenvalue weighted by Gasteiger charge is 2.18. The van der Waals surface area contributed by atoms with Crippen LogP contribution in [0.25, 0.3) is 0 Å². The van der Waals surface area contributed by atoms with Gasteiger partial charge in [0.05, 0.1) is 0 Å². The fraction of sp³-hybridized carbons (Fsp3) is 0.278. The molecule has 0 fully saturated rings. The molecule has 3 nitrogen and oxygen atoms in total. The minimum Gasteiger partial charge on any atom is -0.508 e. The van der Waals surface area contributed by atoms with Gasteiger partial charge in [-0.3, -0.25) is 4.79 Å². The molecule has 1 N–H and O–H groups in total. The van der Waals surface area contributed by atoms with Crippen LogP contribution in [0.15, 0.2) is 42.5 Å². The van der Waals surface area contributed by atoms with Crippen molar-refractivity contribution in [1.29, 1.82) is 0 Å². The van der Waals surface area contributed by atoms with Crippen molar-refractivity contribution in [3.63, 3.8) is 0 Å². The van der Waals surface area contributed by atoms with E-state index in [-0.39, 0.29) is 5.78 Å². The summed E-state index contributed by atoms with van der Waals surface area (Å²) in [5.74, 6) is 0.414. The van der Waals surface area contributed by atoms with Gasteiger partial charge in [-0.2, -0.15) is 0 Å². The molecule has 3 heteroatoms. The quantitative estimate of drug-likeness (QED) is 0.875. The molecule has 0 aromatic heterocycles. The van der Waals surface area contributed by atoms with Crippen molar-refractivity contribution in [2.45, 2.75) is 26.3 Å². The summed E-state index contributed by atoms with van der Waals surface area (Å²) in [5.41, 5.74) is 4.45. The molecule has 1 aliphatic heterocycles. The number of aryl methyl sites for hydroxylation is 1. The fourth-order valence-corrected chi connectivity index (χ4v) is 2.88. The van der Waals surface area contributed by atoms with Gasteiger partial charge in [0.1, 0.15) is 5.75 Å². The highest BCUT2D eigenvalue weighted by atomic mass is 16.3. The second-order valence-electron chi connectivity index (χ2n) is 5.59. The van der Waals surface area contributed by atoms with Crippen LogP contribution in [-0.2, 0) is 13.0 Å². The summed E-state index contributed by atoms with van der Waals surface area (Å²) in [6.45, 7) is 3.46. The van der Waals surface area contributed by atoms with Crippen LogP contribution in [0.5, 0.6) is 5.75 Å². The maximum atomic E-state index is 11.5. The molecule has 108 valence electrons. The predicted molar refractivity (Wildman–Crippen MR) is 83.9 cm³/mol. The Balaban J connectivity index is 1.86. The Morgan fingerprint density at radius 2 is 1.95 bits per heavy atom. The molecule has 0 aliphatic carbocycles. The Morgan fingerprint density at radius 3 is 2.67 bits per heavy atom. The third kappa shape index (κ3) is 2.92. The number of hydrogen-bond acceptors (Lipinski definition) is 3. The standard InChI is InChI=1S/C18H19NO2/c1-13(20)15-6-9-18-16(11-15)3-2-10-19(18)12-14-4-7-17(21)8-5-14/h4-9,11,21H,2-3,10,12H2,1H3. The number of phenols is 1. The largest absolute Gasteiger partial charge is 0.508 e. The van der Waals surface area contributed by atoms with E-state index in [0.717, 1.165) is 31.5 Å². The summed E-state index contributed by atoms with van der Waals surface area (Å²) in [5, 5.41) is 9.36. The van der Waals surface area contributed by atoms with Crippen molar-refractivity contribution < 1.29 is 9.90 Å². The normalized spacial score (nSPS) is 13.9. The Labute approximate surface area is 124 Å². The van der Waals surface area contributed by atoms with E-state index in [1.54, 1.807) is 19.1 Å². The minimum absolute atomic E-state index is 0.119. The maximum absolute atomic E-state index is 11.5. The number of nitrogens with zero attached hydrogens (tertiary/aromatic N) is 1. The van der Waals surface area contributed by atoms with Crippen molar-refractivity contribution in [3.05, 3.63) is 59.2 Å². The second kappa shape index (κ2) is 5.60. The average Bonchev–Trinajstić information content (AvgIpc) is 2.49. The third-order valence-electron chi connectivity index (χ3n) is 4.01. The molecule has 0 saturated heterocycles. The molecule has 21 heavy (non-hydrogen) atoms. The molecule has 0 saturated carbocycles. The number of benzene rings is 2. The van der Waals surface area contributed by atoms with Crippen LogP contribution in [0, 0.1) is 0 Å². The highest BCUT2D eigenvalue weighted by Crippen LogP contribution is 2.29. The first kappa shape index (κ1) is 13.7.